The highest BCUT2D eigenvalue weighted by atomic mass is 16.9. The van der Waals surface area contributed by atoms with Crippen LogP contribution in [0.4, 0.5) is 0 Å². The van der Waals surface area contributed by atoms with E-state index in [1.807, 2.05) is 13.8 Å². The van der Waals surface area contributed by atoms with Crippen molar-refractivity contribution in [3.8, 4) is 0 Å². The monoisotopic (exact) mass is 671 g/mol. The molecule has 274 valence electrons. The van der Waals surface area contributed by atoms with Crippen molar-refractivity contribution < 1.29 is 67.2 Å². The first-order chi connectivity index (χ1) is 22.0. The molecule has 2 N–H and O–H groups in total. The number of hydrogen-bond donors (Lipinski definition) is 2. The Kier molecular flexibility index (Phi) is 22.2. The third-order valence-corrected chi connectivity index (χ3v) is 6.33. The molecule has 0 bridgehead atoms. The summed E-state index contributed by atoms with van der Waals surface area (Å²) >= 11 is 0. The fourth-order valence-corrected chi connectivity index (χ4v) is 5.05. The first-order valence-electron chi connectivity index (χ1n) is 16.6. The van der Waals surface area contributed by atoms with E-state index in [-0.39, 0.29) is 66.1 Å². The number of nitrogens with zero attached hydrogens (tertiary/aromatic N) is 1. The molecule has 3 atom stereocenters. The van der Waals surface area contributed by atoms with Crippen molar-refractivity contribution in [1.29, 1.82) is 0 Å². The molecule has 15 heteroatoms. The molecule has 46 heavy (non-hydrogen) atoms. The molecule has 0 spiro atoms. The summed E-state index contributed by atoms with van der Waals surface area (Å²) in [7, 11) is 0. The Hall–Kier alpha value is -1.50. The topological polar surface area (TPSA) is 170 Å². The molecule has 0 aliphatic carbocycles. The molecule has 0 aliphatic heterocycles. The molecule has 15 nitrogen and oxygen atoms in total. The highest BCUT2D eigenvalue weighted by Gasteiger charge is 2.76. The zero-order chi connectivity index (χ0) is 35.3. The van der Waals surface area contributed by atoms with Crippen molar-refractivity contribution in [1.82, 2.24) is 4.90 Å². The number of aliphatic carboxylic acids is 2. The van der Waals surface area contributed by atoms with Gasteiger partial charge >= 0.3 is 35.7 Å². The van der Waals surface area contributed by atoms with E-state index in [1.54, 1.807) is 55.4 Å². The zero-order valence-electron chi connectivity index (χ0n) is 29.7. The maximum Gasteiger partial charge on any atom is 0.357 e. The van der Waals surface area contributed by atoms with Gasteiger partial charge in [-0.05, 0) is 74.7 Å². The number of hydrogen-bond acceptors (Lipinski definition) is 13. The van der Waals surface area contributed by atoms with Crippen molar-refractivity contribution in [3.05, 3.63) is 0 Å². The van der Waals surface area contributed by atoms with E-state index in [0.717, 1.165) is 4.90 Å². The van der Waals surface area contributed by atoms with E-state index in [9.17, 15) is 19.8 Å². The lowest BCUT2D eigenvalue weighted by atomic mass is 10.0. The Morgan fingerprint density at radius 3 is 1.04 bits per heavy atom. The molecule has 0 rings (SSSR count). The lowest BCUT2D eigenvalue weighted by Crippen LogP contribution is -2.83. The molecule has 0 amide bonds. The quantitative estimate of drug-likeness (QED) is 0.0996. The molecule has 0 aromatic heterocycles. The average molecular weight is 672 g/mol. The van der Waals surface area contributed by atoms with Crippen molar-refractivity contribution in [2.24, 2.45) is 0 Å². The minimum Gasteiger partial charge on any atom is -0.481 e. The third kappa shape index (κ3) is 10.5. The molecular weight excluding hydrogens is 610 g/mol. The van der Waals surface area contributed by atoms with Gasteiger partial charge in [0.1, 0.15) is 6.04 Å². The van der Waals surface area contributed by atoms with Crippen LogP contribution in [0.2, 0.25) is 0 Å². The fraction of sp³-hybridized carbons (Fsp3) is 0.935. The van der Waals surface area contributed by atoms with Gasteiger partial charge in [0.2, 0.25) is 0 Å². The van der Waals surface area contributed by atoms with Crippen molar-refractivity contribution in [2.75, 3.05) is 66.1 Å². The zero-order valence-corrected chi connectivity index (χ0v) is 29.7. The number of carboxylic acids is 2. The van der Waals surface area contributed by atoms with Gasteiger partial charge in [-0.2, -0.15) is 4.90 Å². The van der Waals surface area contributed by atoms with E-state index < -0.39 is 54.6 Å². The van der Waals surface area contributed by atoms with Crippen LogP contribution in [0.15, 0.2) is 0 Å². The van der Waals surface area contributed by atoms with Crippen LogP contribution in [0.25, 0.3) is 0 Å². The number of ether oxygens (including phenoxy) is 10. The van der Waals surface area contributed by atoms with Crippen LogP contribution in [0.1, 0.15) is 94.9 Å². The van der Waals surface area contributed by atoms with Gasteiger partial charge < -0.3 is 57.6 Å². The van der Waals surface area contributed by atoms with Crippen LogP contribution in [0.3, 0.4) is 0 Å². The van der Waals surface area contributed by atoms with Gasteiger partial charge in [0.15, 0.2) is 0 Å². The van der Waals surface area contributed by atoms with Gasteiger partial charge in [-0.1, -0.05) is 13.8 Å². The lowest BCUT2D eigenvalue weighted by Gasteiger charge is -2.60. The summed E-state index contributed by atoms with van der Waals surface area (Å²) in [6, 6.07) is -1.80. The van der Waals surface area contributed by atoms with Crippen LogP contribution in [-0.2, 0) is 57.0 Å². The van der Waals surface area contributed by atoms with Crippen LogP contribution >= 0.6 is 0 Å². The molecule has 0 saturated heterocycles. The number of rotatable bonds is 31. The first-order valence-corrected chi connectivity index (χ1v) is 16.6. The van der Waals surface area contributed by atoms with E-state index in [0.29, 0.717) is 12.8 Å². The molecule has 0 aromatic carbocycles. The van der Waals surface area contributed by atoms with Crippen molar-refractivity contribution >= 4 is 11.9 Å². The Bertz CT molecular complexity index is 751. The normalized spacial score (nSPS) is 15.9. The van der Waals surface area contributed by atoms with Crippen LogP contribution in [0, 0.1) is 0 Å². The molecule has 3 unspecified atom stereocenters. The summed E-state index contributed by atoms with van der Waals surface area (Å²) in [4.78, 5) is 26.6. The highest BCUT2D eigenvalue weighted by Crippen LogP contribution is 2.49. The summed E-state index contributed by atoms with van der Waals surface area (Å²) < 4.78 is 63.7. The number of carboxylic acid groups (broad SMARTS) is 2. The Balaban J connectivity index is 9.00. The minimum absolute atomic E-state index is 0.00398. The van der Waals surface area contributed by atoms with Gasteiger partial charge in [0.25, 0.3) is 0 Å². The number of carbonyl (C=O) groups is 2. The maximum absolute atomic E-state index is 13.5. The molecule has 0 saturated carbocycles. The second kappa shape index (κ2) is 23.0. The Morgan fingerprint density at radius 1 is 0.522 bits per heavy atom. The van der Waals surface area contributed by atoms with Crippen LogP contribution in [0.5, 0.6) is 0 Å². The van der Waals surface area contributed by atoms with Crippen LogP contribution < -0.4 is 0 Å². The van der Waals surface area contributed by atoms with E-state index >= 15 is 0 Å². The van der Waals surface area contributed by atoms with Gasteiger partial charge in [-0.15, -0.1) is 0 Å². The maximum atomic E-state index is 13.5. The average Bonchev–Trinajstić information content (AvgIpc) is 3.00. The lowest BCUT2D eigenvalue weighted by molar-refractivity contribution is -0.600. The van der Waals surface area contributed by atoms with Gasteiger partial charge in [-0.3, -0.25) is 9.59 Å². The SMILES string of the molecule is CCCOC(OCC)(N(C(CCC(=O)O)C(=O)O)C(OCC)(OCCC)C(OCC)(OCC)OCC)C(OCC)(OCC)OCC. The summed E-state index contributed by atoms with van der Waals surface area (Å²) in [5, 5.41) is 20.7. The van der Waals surface area contributed by atoms with E-state index in [2.05, 4.69) is 0 Å². The molecular formula is C31H61NO14. The Labute approximate surface area is 274 Å². The van der Waals surface area contributed by atoms with Crippen molar-refractivity contribution in [3.63, 3.8) is 0 Å². The second-order valence-electron chi connectivity index (χ2n) is 9.59. The molecule has 0 fully saturated rings. The summed E-state index contributed by atoms with van der Waals surface area (Å²) in [5.74, 6) is -12.3. The largest absolute Gasteiger partial charge is 0.481 e. The predicted molar refractivity (Wildman–Crippen MR) is 167 cm³/mol. The summed E-state index contributed by atoms with van der Waals surface area (Å²) in [6.45, 7) is 16.9. The highest BCUT2D eigenvalue weighted by molar-refractivity contribution is 5.75. The van der Waals surface area contributed by atoms with Crippen LogP contribution in [-0.4, -0.2) is 123 Å². The van der Waals surface area contributed by atoms with Gasteiger partial charge in [0, 0.05) is 59.3 Å². The molecule has 0 radical (unpaired) electrons. The predicted octanol–water partition coefficient (Wildman–Crippen LogP) is 4.37. The van der Waals surface area contributed by atoms with Gasteiger partial charge in [0.05, 0.1) is 13.2 Å². The smallest absolute Gasteiger partial charge is 0.357 e. The summed E-state index contributed by atoms with van der Waals surface area (Å²) in [6.07, 6.45) is -0.197. The molecule has 0 aromatic rings. The fourth-order valence-electron chi connectivity index (χ4n) is 5.05. The Morgan fingerprint density at radius 2 is 0.826 bits per heavy atom. The third-order valence-electron chi connectivity index (χ3n) is 6.33. The van der Waals surface area contributed by atoms with Crippen molar-refractivity contribution in [2.45, 2.75) is 125 Å². The second-order valence-corrected chi connectivity index (χ2v) is 9.59. The minimum atomic E-state index is -2.49. The van der Waals surface area contributed by atoms with E-state index in [1.165, 1.54) is 0 Å². The molecule has 0 aliphatic rings. The van der Waals surface area contributed by atoms with Gasteiger partial charge in [-0.25, -0.2) is 0 Å². The first kappa shape index (κ1) is 44.5. The molecule has 0 heterocycles. The standard InChI is InChI=1S/C31H61NO14/c1-11-23-45-28(37-13-3,30(39-15-5,40-16-6)41-17-7)32(25(27(35)36)21-22-26(33)34)29(38-14-4,46-24-12-2)31(42-18-8,43-19-9)44-20-10/h25H,11-24H2,1-10H3,(H,33,34)(H,35,36). The summed E-state index contributed by atoms with van der Waals surface area (Å²) in [5.41, 5.74) is 0. The van der Waals surface area contributed by atoms with E-state index in [4.69, 9.17) is 47.4 Å².